The van der Waals surface area contributed by atoms with Gasteiger partial charge in [-0.3, -0.25) is 4.79 Å². The number of rotatable bonds is 10. The monoisotopic (exact) mass is 245 g/mol. The summed E-state index contributed by atoms with van der Waals surface area (Å²) in [6, 6.07) is 0. The lowest BCUT2D eigenvalue weighted by Crippen LogP contribution is -2.25. The van der Waals surface area contributed by atoms with E-state index in [9.17, 15) is 4.79 Å². The van der Waals surface area contributed by atoms with Crippen LogP contribution in [-0.2, 0) is 14.3 Å². The van der Waals surface area contributed by atoms with Crippen molar-refractivity contribution in [3.63, 3.8) is 0 Å². The molecular formula is C13H27NO3. The molecule has 0 saturated heterocycles. The Labute approximate surface area is 105 Å². The highest BCUT2D eigenvalue weighted by Crippen LogP contribution is 1.99. The lowest BCUT2D eigenvalue weighted by atomic mass is 10.1. The summed E-state index contributed by atoms with van der Waals surface area (Å²) >= 11 is 0. The van der Waals surface area contributed by atoms with E-state index in [0.29, 0.717) is 12.3 Å². The summed E-state index contributed by atoms with van der Waals surface area (Å²) in [5, 5.41) is 0. The molecule has 0 rings (SSSR count). The van der Waals surface area contributed by atoms with Gasteiger partial charge in [-0.25, -0.2) is 0 Å². The summed E-state index contributed by atoms with van der Waals surface area (Å²) in [4.78, 5) is 13.1. The molecule has 0 aliphatic carbocycles. The zero-order valence-corrected chi connectivity index (χ0v) is 11.7. The predicted octanol–water partition coefficient (Wildman–Crippen LogP) is 1.93. The smallest absolute Gasteiger partial charge is 0.305 e. The van der Waals surface area contributed by atoms with E-state index in [1.165, 1.54) is 7.11 Å². The number of carbonyl (C=O) groups is 1. The van der Waals surface area contributed by atoms with Gasteiger partial charge in [-0.15, -0.1) is 0 Å². The molecule has 0 atom stereocenters. The summed E-state index contributed by atoms with van der Waals surface area (Å²) in [5.74, 6) is 0.569. The number of methoxy groups -OCH3 is 1. The third-order valence-corrected chi connectivity index (χ3v) is 2.61. The molecule has 0 saturated carbocycles. The highest BCUT2D eigenvalue weighted by Gasteiger charge is 2.02. The van der Waals surface area contributed by atoms with E-state index >= 15 is 0 Å². The molecule has 102 valence electrons. The van der Waals surface area contributed by atoms with Crippen molar-refractivity contribution in [2.24, 2.45) is 5.92 Å². The zero-order valence-electron chi connectivity index (χ0n) is 11.7. The number of esters is 1. The first kappa shape index (κ1) is 16.4. The Morgan fingerprint density at radius 1 is 1.24 bits per heavy atom. The van der Waals surface area contributed by atoms with Crippen LogP contribution in [0.3, 0.4) is 0 Å². The number of hydrogen-bond acceptors (Lipinski definition) is 4. The molecule has 0 aliphatic heterocycles. The quantitative estimate of drug-likeness (QED) is 0.435. The molecule has 0 spiro atoms. The maximum atomic E-state index is 10.9. The second-order valence-electron chi connectivity index (χ2n) is 4.78. The van der Waals surface area contributed by atoms with Crippen LogP contribution >= 0.6 is 0 Å². The number of carbonyl (C=O) groups excluding carboxylic acids is 1. The Bertz CT molecular complexity index is 195. The molecule has 0 aromatic rings. The van der Waals surface area contributed by atoms with Crippen LogP contribution in [-0.4, -0.2) is 51.3 Å². The molecular weight excluding hydrogens is 218 g/mol. The Balaban J connectivity index is 3.28. The van der Waals surface area contributed by atoms with E-state index in [1.54, 1.807) is 0 Å². The normalized spacial score (nSPS) is 11.2. The highest BCUT2D eigenvalue weighted by molar-refractivity contribution is 5.69. The molecule has 4 nitrogen and oxygen atoms in total. The van der Waals surface area contributed by atoms with Crippen molar-refractivity contribution in [2.45, 2.75) is 33.1 Å². The second kappa shape index (κ2) is 10.5. The zero-order chi connectivity index (χ0) is 13.1. The van der Waals surface area contributed by atoms with Crippen LogP contribution in [0, 0.1) is 5.92 Å². The van der Waals surface area contributed by atoms with Crippen LogP contribution in [0.4, 0.5) is 0 Å². The molecule has 0 heterocycles. The van der Waals surface area contributed by atoms with Crippen molar-refractivity contribution < 1.29 is 14.3 Å². The molecule has 4 heteroatoms. The molecule has 0 aromatic carbocycles. The summed E-state index contributed by atoms with van der Waals surface area (Å²) in [7, 11) is 3.47. The molecule has 0 bridgehead atoms. The lowest BCUT2D eigenvalue weighted by Gasteiger charge is -2.16. The number of hydrogen-bond donors (Lipinski definition) is 0. The average Bonchev–Trinajstić information content (AvgIpc) is 2.27. The van der Waals surface area contributed by atoms with Gasteiger partial charge in [0, 0.05) is 19.6 Å². The first-order chi connectivity index (χ1) is 8.06. The van der Waals surface area contributed by atoms with Gasteiger partial charge in [0.15, 0.2) is 0 Å². The van der Waals surface area contributed by atoms with Crippen molar-refractivity contribution in [2.75, 3.05) is 40.5 Å². The molecule has 0 aliphatic rings. The molecule has 0 fully saturated rings. The van der Waals surface area contributed by atoms with Gasteiger partial charge in [0.25, 0.3) is 0 Å². The molecule has 0 radical (unpaired) electrons. The van der Waals surface area contributed by atoms with Gasteiger partial charge >= 0.3 is 5.97 Å². The maximum absolute atomic E-state index is 10.9. The topological polar surface area (TPSA) is 38.8 Å². The van der Waals surface area contributed by atoms with Gasteiger partial charge in [-0.05, 0) is 32.4 Å². The van der Waals surface area contributed by atoms with Gasteiger partial charge in [0.05, 0.1) is 13.7 Å². The molecule has 17 heavy (non-hydrogen) atoms. The van der Waals surface area contributed by atoms with Crippen LogP contribution in [0.5, 0.6) is 0 Å². The van der Waals surface area contributed by atoms with E-state index < -0.39 is 0 Å². The largest absolute Gasteiger partial charge is 0.469 e. The fourth-order valence-electron chi connectivity index (χ4n) is 1.35. The highest BCUT2D eigenvalue weighted by atomic mass is 16.5. The van der Waals surface area contributed by atoms with Gasteiger partial charge in [-0.2, -0.15) is 0 Å². The van der Waals surface area contributed by atoms with Crippen LogP contribution in [0.25, 0.3) is 0 Å². The minimum atomic E-state index is -0.133. The fourth-order valence-corrected chi connectivity index (χ4v) is 1.35. The van der Waals surface area contributed by atoms with E-state index in [0.717, 1.165) is 39.1 Å². The van der Waals surface area contributed by atoms with Gasteiger partial charge in [-0.1, -0.05) is 13.8 Å². The first-order valence-corrected chi connectivity index (χ1v) is 6.39. The van der Waals surface area contributed by atoms with Crippen molar-refractivity contribution in [1.29, 1.82) is 0 Å². The summed E-state index contributed by atoms with van der Waals surface area (Å²) in [5.41, 5.74) is 0. The average molecular weight is 245 g/mol. The molecule has 0 unspecified atom stereocenters. The van der Waals surface area contributed by atoms with Crippen LogP contribution in [0.15, 0.2) is 0 Å². The first-order valence-electron chi connectivity index (χ1n) is 6.39. The SMILES string of the molecule is COC(=O)CCCN(C)CCOCCC(C)C. The third kappa shape index (κ3) is 11.6. The standard InChI is InChI=1S/C13H27NO3/c1-12(2)7-10-17-11-9-14(3)8-5-6-13(15)16-4/h12H,5-11H2,1-4H3. The minimum Gasteiger partial charge on any atom is -0.469 e. The molecule has 0 N–H and O–H groups in total. The molecule has 0 amide bonds. The summed E-state index contributed by atoms with van der Waals surface area (Å²) in [6.45, 7) is 7.82. The van der Waals surface area contributed by atoms with Crippen LogP contribution in [0.2, 0.25) is 0 Å². The van der Waals surface area contributed by atoms with Gasteiger partial charge < -0.3 is 14.4 Å². The van der Waals surface area contributed by atoms with Crippen molar-refractivity contribution in [3.05, 3.63) is 0 Å². The van der Waals surface area contributed by atoms with E-state index in [1.807, 2.05) is 7.05 Å². The Kier molecular flexibility index (Phi) is 10.2. The molecule has 0 aromatic heterocycles. The number of nitrogens with zero attached hydrogens (tertiary/aromatic N) is 1. The number of likely N-dealkylation sites (N-methyl/N-ethyl adjacent to an activating group) is 1. The predicted molar refractivity (Wildman–Crippen MR) is 69.0 cm³/mol. The van der Waals surface area contributed by atoms with Crippen molar-refractivity contribution in [1.82, 2.24) is 4.90 Å². The van der Waals surface area contributed by atoms with Gasteiger partial charge in [0.1, 0.15) is 0 Å². The Morgan fingerprint density at radius 3 is 2.53 bits per heavy atom. The fraction of sp³-hybridized carbons (Fsp3) is 0.923. The minimum absolute atomic E-state index is 0.133. The second-order valence-corrected chi connectivity index (χ2v) is 4.78. The van der Waals surface area contributed by atoms with Crippen molar-refractivity contribution in [3.8, 4) is 0 Å². The summed E-state index contributed by atoms with van der Waals surface area (Å²) < 4.78 is 10.1. The lowest BCUT2D eigenvalue weighted by molar-refractivity contribution is -0.140. The Hall–Kier alpha value is -0.610. The van der Waals surface area contributed by atoms with Crippen LogP contribution < -0.4 is 0 Å². The van der Waals surface area contributed by atoms with Crippen LogP contribution in [0.1, 0.15) is 33.1 Å². The van der Waals surface area contributed by atoms with Crippen molar-refractivity contribution >= 4 is 5.97 Å². The number of ether oxygens (including phenoxy) is 2. The Morgan fingerprint density at radius 2 is 1.94 bits per heavy atom. The maximum Gasteiger partial charge on any atom is 0.305 e. The van der Waals surface area contributed by atoms with E-state index in [4.69, 9.17) is 4.74 Å². The summed E-state index contributed by atoms with van der Waals surface area (Å²) in [6.07, 6.45) is 2.45. The van der Waals surface area contributed by atoms with E-state index in [-0.39, 0.29) is 5.97 Å². The third-order valence-electron chi connectivity index (χ3n) is 2.61. The van der Waals surface area contributed by atoms with Gasteiger partial charge in [0.2, 0.25) is 0 Å². The van der Waals surface area contributed by atoms with E-state index in [2.05, 4.69) is 23.5 Å².